The lowest BCUT2D eigenvalue weighted by atomic mass is 9.80. The number of nitrogens with zero attached hydrogens (tertiary/aromatic N) is 1. The molecule has 0 aliphatic heterocycles. The maximum Gasteiger partial charge on any atom is 0.490 e. The van der Waals surface area contributed by atoms with Gasteiger partial charge in [0, 0.05) is 11.0 Å². The van der Waals surface area contributed by atoms with E-state index in [1.165, 1.54) is 0 Å². The monoisotopic (exact) mass is 275 g/mol. The molecule has 2 N–H and O–H groups in total. The summed E-state index contributed by atoms with van der Waals surface area (Å²) in [6.45, 7) is 11.4. The van der Waals surface area contributed by atoms with Gasteiger partial charge < -0.3 is 14.3 Å². The molecule has 3 nitrogen and oxygen atoms in total. The van der Waals surface area contributed by atoms with Crippen molar-refractivity contribution in [3.8, 4) is 0 Å². The Morgan fingerprint density at radius 2 is 1.68 bits per heavy atom. The van der Waals surface area contributed by atoms with Gasteiger partial charge >= 0.3 is 7.12 Å². The van der Waals surface area contributed by atoms with E-state index in [-0.39, 0.29) is 5.04 Å². The lowest BCUT2D eigenvalue weighted by Crippen LogP contribution is -2.45. The number of hydrogen-bond donors (Lipinski definition) is 2. The number of hydrogen-bond acceptors (Lipinski definition) is 2. The van der Waals surface area contributed by atoms with Crippen LogP contribution in [0, 0.1) is 0 Å². The zero-order valence-electron chi connectivity index (χ0n) is 12.3. The van der Waals surface area contributed by atoms with Crippen molar-refractivity contribution < 1.29 is 10.0 Å². The molecule has 2 rings (SSSR count). The van der Waals surface area contributed by atoms with E-state index in [1.54, 1.807) is 0 Å². The summed E-state index contributed by atoms with van der Waals surface area (Å²) in [5.74, 6) is 0. The summed E-state index contributed by atoms with van der Waals surface area (Å²) in [6.07, 6.45) is 1.92. The zero-order chi connectivity index (χ0) is 14.4. The van der Waals surface area contributed by atoms with Gasteiger partial charge in [0.25, 0.3) is 0 Å². The van der Waals surface area contributed by atoms with Gasteiger partial charge in [0.05, 0.1) is 0 Å². The van der Waals surface area contributed by atoms with Crippen molar-refractivity contribution in [2.75, 3.05) is 0 Å². The van der Waals surface area contributed by atoms with Crippen LogP contribution in [-0.2, 0) is 0 Å². The highest BCUT2D eigenvalue weighted by Crippen LogP contribution is 2.38. The summed E-state index contributed by atoms with van der Waals surface area (Å²) < 4.78 is 2.29. The second-order valence-electron chi connectivity index (χ2n) is 6.65. The quantitative estimate of drug-likeness (QED) is 0.825. The molecule has 0 saturated carbocycles. The molecular formula is C14H22BNO2Si. The molecule has 0 bridgehead atoms. The van der Waals surface area contributed by atoms with Crippen LogP contribution in [0.5, 0.6) is 0 Å². The fourth-order valence-electron chi connectivity index (χ4n) is 2.24. The maximum absolute atomic E-state index is 9.56. The molecule has 0 amide bonds. The van der Waals surface area contributed by atoms with E-state index in [4.69, 9.17) is 0 Å². The third-order valence-electron chi connectivity index (χ3n) is 4.46. The van der Waals surface area contributed by atoms with E-state index >= 15 is 0 Å². The number of fused-ring (bicyclic) bond motifs is 1. The topological polar surface area (TPSA) is 45.4 Å². The highest BCUT2D eigenvalue weighted by molar-refractivity contribution is 6.79. The fourth-order valence-corrected chi connectivity index (χ4v) is 4.22. The summed E-state index contributed by atoms with van der Waals surface area (Å²) in [5, 5.41) is 20.2. The number of rotatable bonds is 2. The highest BCUT2D eigenvalue weighted by Gasteiger charge is 2.39. The average molecular weight is 275 g/mol. The van der Waals surface area contributed by atoms with E-state index in [0.717, 1.165) is 10.9 Å². The van der Waals surface area contributed by atoms with Crippen LogP contribution in [0.4, 0.5) is 0 Å². The number of para-hydroxylation sites is 1. The maximum atomic E-state index is 9.56. The highest BCUT2D eigenvalue weighted by atomic mass is 28.3. The summed E-state index contributed by atoms with van der Waals surface area (Å²) in [6, 6.07) is 7.94. The van der Waals surface area contributed by atoms with E-state index in [0.29, 0.717) is 5.46 Å². The van der Waals surface area contributed by atoms with Gasteiger partial charge in [-0.1, -0.05) is 52.1 Å². The Labute approximate surface area is 116 Å². The van der Waals surface area contributed by atoms with Gasteiger partial charge in [-0.2, -0.15) is 0 Å². The van der Waals surface area contributed by atoms with Crippen molar-refractivity contribution in [3.63, 3.8) is 0 Å². The average Bonchev–Trinajstić information content (AvgIpc) is 2.67. The fraction of sp³-hybridized carbons (Fsp3) is 0.429. The number of aromatic nitrogens is 1. The van der Waals surface area contributed by atoms with E-state index in [1.807, 2.05) is 24.4 Å². The van der Waals surface area contributed by atoms with Crippen LogP contribution in [0.3, 0.4) is 0 Å². The van der Waals surface area contributed by atoms with Gasteiger partial charge in [0.2, 0.25) is 0 Å². The molecule has 0 aliphatic carbocycles. The molecule has 0 aliphatic rings. The Hall–Kier alpha value is -1.04. The van der Waals surface area contributed by atoms with Crippen molar-refractivity contribution in [2.45, 2.75) is 38.9 Å². The van der Waals surface area contributed by atoms with Crippen LogP contribution in [-0.4, -0.2) is 29.6 Å². The van der Waals surface area contributed by atoms with E-state index in [2.05, 4.69) is 44.2 Å². The molecule has 1 aromatic carbocycles. The molecule has 0 atom stereocenters. The van der Waals surface area contributed by atoms with Crippen molar-refractivity contribution in [2.24, 2.45) is 0 Å². The Morgan fingerprint density at radius 1 is 1.11 bits per heavy atom. The van der Waals surface area contributed by atoms with E-state index in [9.17, 15) is 10.0 Å². The Morgan fingerprint density at radius 3 is 2.21 bits per heavy atom. The van der Waals surface area contributed by atoms with Gasteiger partial charge in [0.1, 0.15) is 0 Å². The summed E-state index contributed by atoms with van der Waals surface area (Å²) in [5.41, 5.74) is 1.69. The molecule has 102 valence electrons. The van der Waals surface area contributed by atoms with Crippen LogP contribution in [0.1, 0.15) is 20.8 Å². The summed E-state index contributed by atoms with van der Waals surface area (Å²) in [7, 11) is -3.20. The molecule has 5 heteroatoms. The predicted molar refractivity (Wildman–Crippen MR) is 84.4 cm³/mol. The summed E-state index contributed by atoms with van der Waals surface area (Å²) in [4.78, 5) is 0. The SMILES string of the molecule is CC(C)(C)[Si](C)(C)n1cc(B(O)O)c2ccccc21. The first-order valence-corrected chi connectivity index (χ1v) is 9.57. The zero-order valence-corrected chi connectivity index (χ0v) is 13.3. The molecule has 1 aromatic heterocycles. The van der Waals surface area contributed by atoms with Crippen LogP contribution >= 0.6 is 0 Å². The third-order valence-corrected chi connectivity index (χ3v) is 9.70. The van der Waals surface area contributed by atoms with Crippen LogP contribution in [0.25, 0.3) is 10.9 Å². The molecule has 0 radical (unpaired) electrons. The first-order chi connectivity index (χ1) is 8.66. The van der Waals surface area contributed by atoms with Gasteiger partial charge in [-0.05, 0) is 22.7 Å². The Bertz CT molecular complexity index is 599. The van der Waals surface area contributed by atoms with Crippen molar-refractivity contribution in [3.05, 3.63) is 30.5 Å². The molecule has 0 saturated heterocycles. The number of benzene rings is 1. The van der Waals surface area contributed by atoms with Crippen molar-refractivity contribution in [1.82, 2.24) is 4.23 Å². The molecular weight excluding hydrogens is 253 g/mol. The second-order valence-corrected chi connectivity index (χ2v) is 11.8. The second kappa shape index (κ2) is 4.51. The molecule has 19 heavy (non-hydrogen) atoms. The first kappa shape index (κ1) is 14.4. The van der Waals surface area contributed by atoms with E-state index < -0.39 is 15.4 Å². The standard InChI is InChI=1S/C14H22BNO2Si/c1-14(2,3)19(4,5)16-10-12(15(17)18)11-8-6-7-9-13(11)16/h6-10,17-18H,1-5H3. The van der Waals surface area contributed by atoms with Gasteiger partial charge in [-0.3, -0.25) is 0 Å². The molecule has 0 spiro atoms. The van der Waals surface area contributed by atoms with Crippen LogP contribution in [0.2, 0.25) is 18.1 Å². The van der Waals surface area contributed by atoms with Crippen LogP contribution in [0.15, 0.2) is 30.5 Å². The first-order valence-electron chi connectivity index (χ1n) is 6.63. The lowest BCUT2D eigenvalue weighted by molar-refractivity contribution is 0.426. The van der Waals surface area contributed by atoms with Gasteiger partial charge in [-0.25, -0.2) is 0 Å². The van der Waals surface area contributed by atoms with Crippen molar-refractivity contribution >= 4 is 31.7 Å². The molecule has 2 aromatic rings. The van der Waals surface area contributed by atoms with Crippen LogP contribution < -0.4 is 5.46 Å². The van der Waals surface area contributed by atoms with Gasteiger partial charge in [0.15, 0.2) is 8.24 Å². The van der Waals surface area contributed by atoms with Crippen molar-refractivity contribution in [1.29, 1.82) is 0 Å². The molecule has 1 heterocycles. The Kier molecular flexibility index (Phi) is 3.41. The minimum Gasteiger partial charge on any atom is -0.423 e. The predicted octanol–water partition coefficient (Wildman–Crippen LogP) is 2.17. The summed E-state index contributed by atoms with van der Waals surface area (Å²) >= 11 is 0. The minimum atomic E-state index is -1.78. The largest absolute Gasteiger partial charge is 0.490 e. The minimum absolute atomic E-state index is 0.187. The lowest BCUT2D eigenvalue weighted by Gasteiger charge is -2.38. The Balaban J connectivity index is 2.75. The third kappa shape index (κ3) is 2.26. The van der Waals surface area contributed by atoms with Gasteiger partial charge in [-0.15, -0.1) is 0 Å². The normalized spacial score (nSPS) is 13.0. The smallest absolute Gasteiger partial charge is 0.423 e. The molecule has 0 fully saturated rings. The molecule has 0 unspecified atom stereocenters.